The first kappa shape index (κ1) is 31.4. The maximum atomic E-state index is 13.5. The Bertz CT molecular complexity index is 1550. The standard InChI is InChI=1S/C32H44N8O4/c1-21-25-20-35-30(37-28(25)40(23-9-6-7-10-23)29(42)27(21)22(2)41)36-26-12-11-24(19-34-26)39-17-15-38(16-18-39)14-8-13-33-31(43)44-32(3,4)5/h11-12,19-20,23H,6-10,13-18H2,1-5H3,(H,33,43)(H,34,35,36,37). The number of nitrogens with zero attached hydrogens (tertiary/aromatic N) is 6. The molecule has 2 N–H and O–H groups in total. The van der Waals surface area contributed by atoms with Crippen LogP contribution in [0.2, 0.25) is 0 Å². The molecule has 0 radical (unpaired) electrons. The lowest BCUT2D eigenvalue weighted by Crippen LogP contribution is -2.47. The molecule has 12 nitrogen and oxygen atoms in total. The Balaban J connectivity index is 1.19. The van der Waals surface area contributed by atoms with Crippen LogP contribution in [0.25, 0.3) is 11.0 Å². The summed E-state index contributed by atoms with van der Waals surface area (Å²) in [5.41, 5.74) is 1.69. The fourth-order valence-corrected chi connectivity index (χ4v) is 6.11. The second-order valence-corrected chi connectivity index (χ2v) is 12.7. The molecule has 0 spiro atoms. The van der Waals surface area contributed by atoms with Gasteiger partial charge in [-0.1, -0.05) is 12.8 Å². The Morgan fingerprint density at radius 3 is 2.41 bits per heavy atom. The number of nitrogens with one attached hydrogen (secondary N) is 2. The lowest BCUT2D eigenvalue weighted by Gasteiger charge is -2.36. The number of amides is 1. The van der Waals surface area contributed by atoms with E-state index in [1.807, 2.05) is 39.1 Å². The quantitative estimate of drug-likeness (QED) is 0.264. The van der Waals surface area contributed by atoms with Crippen molar-refractivity contribution in [2.75, 3.05) is 49.5 Å². The maximum Gasteiger partial charge on any atom is 0.407 e. The lowest BCUT2D eigenvalue weighted by atomic mass is 10.0. The zero-order valence-electron chi connectivity index (χ0n) is 26.5. The van der Waals surface area contributed by atoms with Crippen molar-refractivity contribution in [3.8, 4) is 0 Å². The van der Waals surface area contributed by atoms with Crippen molar-refractivity contribution in [3.63, 3.8) is 0 Å². The van der Waals surface area contributed by atoms with E-state index in [4.69, 9.17) is 9.72 Å². The Kier molecular flexibility index (Phi) is 9.48. The number of rotatable bonds is 9. The maximum absolute atomic E-state index is 13.5. The summed E-state index contributed by atoms with van der Waals surface area (Å²) in [5.74, 6) is 0.728. The summed E-state index contributed by atoms with van der Waals surface area (Å²) in [5, 5.41) is 6.73. The molecule has 1 aliphatic carbocycles. The predicted octanol–water partition coefficient (Wildman–Crippen LogP) is 4.59. The molecule has 1 amide bonds. The number of hydrogen-bond donors (Lipinski definition) is 2. The molecule has 4 heterocycles. The molecule has 1 aliphatic heterocycles. The van der Waals surface area contributed by atoms with Crippen LogP contribution < -0.4 is 21.1 Å². The third-order valence-electron chi connectivity index (χ3n) is 8.29. The largest absolute Gasteiger partial charge is 0.444 e. The summed E-state index contributed by atoms with van der Waals surface area (Å²) in [6.07, 6.45) is 7.93. The minimum absolute atomic E-state index is 0.0261. The highest BCUT2D eigenvalue weighted by Crippen LogP contribution is 2.32. The van der Waals surface area contributed by atoms with Gasteiger partial charge >= 0.3 is 6.09 Å². The highest BCUT2D eigenvalue weighted by atomic mass is 16.6. The molecule has 12 heteroatoms. The van der Waals surface area contributed by atoms with E-state index >= 15 is 0 Å². The number of carbonyl (C=O) groups is 2. The smallest absolute Gasteiger partial charge is 0.407 e. The summed E-state index contributed by atoms with van der Waals surface area (Å²) in [7, 11) is 0. The zero-order chi connectivity index (χ0) is 31.4. The van der Waals surface area contributed by atoms with Gasteiger partial charge in [-0.2, -0.15) is 4.98 Å². The molecule has 0 atom stereocenters. The van der Waals surface area contributed by atoms with Crippen LogP contribution in [0, 0.1) is 6.92 Å². The van der Waals surface area contributed by atoms with Crippen LogP contribution in [-0.2, 0) is 4.74 Å². The summed E-state index contributed by atoms with van der Waals surface area (Å²) in [6.45, 7) is 14.0. The Morgan fingerprint density at radius 2 is 1.77 bits per heavy atom. The van der Waals surface area contributed by atoms with Gasteiger partial charge < -0.3 is 20.3 Å². The fraction of sp³-hybridized carbons (Fsp3) is 0.562. The minimum Gasteiger partial charge on any atom is -0.444 e. The van der Waals surface area contributed by atoms with Crippen molar-refractivity contribution in [2.45, 2.75) is 78.4 Å². The van der Waals surface area contributed by atoms with Crippen molar-refractivity contribution >= 4 is 40.4 Å². The van der Waals surface area contributed by atoms with Gasteiger partial charge in [-0.3, -0.25) is 19.1 Å². The van der Waals surface area contributed by atoms with Gasteiger partial charge in [0.2, 0.25) is 5.95 Å². The van der Waals surface area contributed by atoms with Gasteiger partial charge in [0.1, 0.15) is 17.1 Å². The number of carbonyl (C=O) groups excluding carboxylic acids is 2. The first-order chi connectivity index (χ1) is 21.0. The van der Waals surface area contributed by atoms with Crippen LogP contribution >= 0.6 is 0 Å². The summed E-state index contributed by atoms with van der Waals surface area (Å²) >= 11 is 0. The van der Waals surface area contributed by atoms with Crippen LogP contribution in [0.5, 0.6) is 0 Å². The molecular formula is C32H44N8O4. The molecule has 2 aliphatic rings. The second kappa shape index (κ2) is 13.3. The van der Waals surface area contributed by atoms with Gasteiger partial charge in [-0.05, 0) is 78.1 Å². The van der Waals surface area contributed by atoms with Crippen molar-refractivity contribution in [2.24, 2.45) is 0 Å². The van der Waals surface area contributed by atoms with E-state index in [0.29, 0.717) is 34.9 Å². The van der Waals surface area contributed by atoms with E-state index in [9.17, 15) is 14.4 Å². The lowest BCUT2D eigenvalue weighted by molar-refractivity contribution is 0.0525. The molecule has 1 saturated heterocycles. The molecule has 1 saturated carbocycles. The number of hydrogen-bond acceptors (Lipinski definition) is 10. The van der Waals surface area contributed by atoms with Crippen LogP contribution in [0.15, 0.2) is 29.3 Å². The number of ether oxygens (including phenoxy) is 1. The molecular weight excluding hydrogens is 560 g/mol. The number of Topliss-reactive ketones (excluding diaryl/α,β-unsaturated/α-hetero) is 1. The highest BCUT2D eigenvalue weighted by molar-refractivity contribution is 5.99. The van der Waals surface area contributed by atoms with Crippen molar-refractivity contribution in [1.29, 1.82) is 0 Å². The van der Waals surface area contributed by atoms with Gasteiger partial charge in [0.05, 0.1) is 17.4 Å². The first-order valence-electron chi connectivity index (χ1n) is 15.6. The number of pyridine rings is 2. The summed E-state index contributed by atoms with van der Waals surface area (Å²) in [4.78, 5) is 56.2. The Morgan fingerprint density at radius 1 is 1.05 bits per heavy atom. The van der Waals surface area contributed by atoms with E-state index in [-0.39, 0.29) is 29.0 Å². The van der Waals surface area contributed by atoms with Crippen LogP contribution in [0.3, 0.4) is 0 Å². The van der Waals surface area contributed by atoms with E-state index in [1.54, 1.807) is 17.7 Å². The summed E-state index contributed by atoms with van der Waals surface area (Å²) < 4.78 is 7.00. The number of ketones is 1. The highest BCUT2D eigenvalue weighted by Gasteiger charge is 2.26. The molecule has 0 aromatic carbocycles. The molecule has 236 valence electrons. The molecule has 0 unspecified atom stereocenters. The van der Waals surface area contributed by atoms with E-state index in [2.05, 4.69) is 30.4 Å². The molecule has 0 bridgehead atoms. The average molecular weight is 605 g/mol. The van der Waals surface area contributed by atoms with E-state index in [0.717, 1.165) is 70.5 Å². The minimum atomic E-state index is -0.490. The molecule has 3 aromatic rings. The van der Waals surface area contributed by atoms with Gasteiger partial charge in [0.25, 0.3) is 5.56 Å². The number of anilines is 3. The Hall–Kier alpha value is -4.06. The van der Waals surface area contributed by atoms with Crippen LogP contribution in [0.1, 0.15) is 81.8 Å². The van der Waals surface area contributed by atoms with Gasteiger partial charge in [-0.15, -0.1) is 0 Å². The zero-order valence-corrected chi connectivity index (χ0v) is 26.5. The van der Waals surface area contributed by atoms with Crippen molar-refractivity contribution in [1.82, 2.24) is 29.7 Å². The number of aromatic nitrogens is 4. The SMILES string of the molecule is CC(=O)c1c(C)c2cnc(Nc3ccc(N4CCN(CCCNC(=O)OC(C)(C)C)CC4)cn3)nc2n(C2CCCC2)c1=O. The second-order valence-electron chi connectivity index (χ2n) is 12.7. The van der Waals surface area contributed by atoms with E-state index < -0.39 is 5.60 Å². The number of piperazine rings is 1. The van der Waals surface area contributed by atoms with Crippen molar-refractivity contribution in [3.05, 3.63) is 46.0 Å². The van der Waals surface area contributed by atoms with E-state index in [1.165, 1.54) is 6.92 Å². The van der Waals surface area contributed by atoms with Gasteiger partial charge in [-0.25, -0.2) is 14.8 Å². The first-order valence-corrected chi connectivity index (χ1v) is 15.6. The number of fused-ring (bicyclic) bond motifs is 1. The van der Waals surface area contributed by atoms with Crippen LogP contribution in [-0.4, -0.2) is 81.2 Å². The predicted molar refractivity (Wildman–Crippen MR) is 171 cm³/mol. The third-order valence-corrected chi connectivity index (χ3v) is 8.29. The molecule has 3 aromatic heterocycles. The number of alkyl carbamates (subject to hydrolysis) is 1. The van der Waals surface area contributed by atoms with Gasteiger partial charge in [0, 0.05) is 50.3 Å². The molecule has 5 rings (SSSR count). The van der Waals surface area contributed by atoms with Crippen molar-refractivity contribution < 1.29 is 14.3 Å². The summed E-state index contributed by atoms with van der Waals surface area (Å²) in [6, 6.07) is 3.97. The topological polar surface area (TPSA) is 135 Å². The molecule has 2 fully saturated rings. The average Bonchev–Trinajstić information content (AvgIpc) is 3.50. The third kappa shape index (κ3) is 7.35. The monoisotopic (exact) mass is 604 g/mol. The number of aryl methyl sites for hydroxylation is 1. The Labute approximate surface area is 258 Å². The van der Waals surface area contributed by atoms with Gasteiger partial charge in [0.15, 0.2) is 5.78 Å². The normalized spacial score (nSPS) is 16.3. The fourth-order valence-electron chi connectivity index (χ4n) is 6.11. The van der Waals surface area contributed by atoms with Crippen LogP contribution in [0.4, 0.5) is 22.2 Å². The molecule has 44 heavy (non-hydrogen) atoms.